The topological polar surface area (TPSA) is 100 Å². The molecule has 0 bridgehead atoms. The number of aliphatic carboxylic acids is 1. The summed E-state index contributed by atoms with van der Waals surface area (Å²) in [5, 5.41) is 19.3. The highest BCUT2D eigenvalue weighted by Gasteiger charge is 2.28. The summed E-state index contributed by atoms with van der Waals surface area (Å²) in [4.78, 5) is 24.6. The molecule has 0 radical (unpaired) electrons. The fraction of sp³-hybridized carbons (Fsp3) is 0.692. The molecule has 0 saturated carbocycles. The molecule has 0 spiro atoms. The van der Waals surface area contributed by atoms with Gasteiger partial charge in [0.1, 0.15) is 6.33 Å². The smallest absolute Gasteiger partial charge is 0.318 e. The van der Waals surface area contributed by atoms with Gasteiger partial charge in [0, 0.05) is 19.1 Å². The summed E-state index contributed by atoms with van der Waals surface area (Å²) in [5.41, 5.74) is -0.473. The van der Waals surface area contributed by atoms with Crippen LogP contribution < -0.4 is 5.32 Å². The molecule has 1 unspecified atom stereocenters. The number of rotatable bonds is 5. The largest absolute Gasteiger partial charge is 0.481 e. The quantitative estimate of drug-likeness (QED) is 0.849. The summed E-state index contributed by atoms with van der Waals surface area (Å²) in [5.74, 6) is -0.297. The molecule has 21 heavy (non-hydrogen) atoms. The molecular weight excluding hydrogens is 274 g/mol. The van der Waals surface area contributed by atoms with Crippen LogP contribution in [0.1, 0.15) is 46.0 Å². The van der Waals surface area contributed by atoms with Crippen LogP contribution in [0.4, 0.5) is 4.79 Å². The first-order valence-corrected chi connectivity index (χ1v) is 6.76. The van der Waals surface area contributed by atoms with Gasteiger partial charge in [-0.2, -0.15) is 0 Å². The molecule has 0 aliphatic carbocycles. The number of nitrogens with one attached hydrogen (secondary N) is 1. The van der Waals surface area contributed by atoms with Gasteiger partial charge in [-0.15, -0.1) is 10.2 Å². The lowest BCUT2D eigenvalue weighted by Crippen LogP contribution is -2.51. The molecule has 1 atom stereocenters. The molecule has 8 heteroatoms. The zero-order valence-electron chi connectivity index (χ0n) is 13.1. The van der Waals surface area contributed by atoms with E-state index in [0.29, 0.717) is 5.82 Å². The molecule has 0 aliphatic rings. The molecule has 1 heterocycles. The number of carboxylic acid groups (broad SMARTS) is 1. The number of urea groups is 1. The molecule has 2 amide bonds. The Morgan fingerprint density at radius 3 is 2.52 bits per heavy atom. The summed E-state index contributed by atoms with van der Waals surface area (Å²) in [7, 11) is 1.80. The van der Waals surface area contributed by atoms with E-state index in [4.69, 9.17) is 5.11 Å². The van der Waals surface area contributed by atoms with Crippen molar-refractivity contribution >= 4 is 12.0 Å². The van der Waals surface area contributed by atoms with Gasteiger partial charge < -0.3 is 19.9 Å². The van der Waals surface area contributed by atoms with E-state index in [1.54, 1.807) is 24.9 Å². The first-order valence-electron chi connectivity index (χ1n) is 6.76. The van der Waals surface area contributed by atoms with Gasteiger partial charge in [-0.1, -0.05) is 0 Å². The minimum absolute atomic E-state index is 0.0942. The maximum Gasteiger partial charge on any atom is 0.318 e. The van der Waals surface area contributed by atoms with E-state index < -0.39 is 11.5 Å². The number of aromatic nitrogens is 3. The highest BCUT2D eigenvalue weighted by Crippen LogP contribution is 2.16. The average molecular weight is 297 g/mol. The minimum atomic E-state index is -0.932. The zero-order valence-corrected chi connectivity index (χ0v) is 13.1. The van der Waals surface area contributed by atoms with Gasteiger partial charge in [0.25, 0.3) is 0 Å². The van der Waals surface area contributed by atoms with Crippen LogP contribution in [0.15, 0.2) is 6.33 Å². The van der Waals surface area contributed by atoms with Gasteiger partial charge in [0.2, 0.25) is 0 Å². The second kappa shape index (κ2) is 6.55. The Bertz CT molecular complexity index is 506. The lowest BCUT2D eigenvalue weighted by atomic mass is 10.1. The summed E-state index contributed by atoms with van der Waals surface area (Å²) >= 11 is 0. The maximum atomic E-state index is 12.4. The van der Waals surface area contributed by atoms with Crippen molar-refractivity contribution in [1.29, 1.82) is 0 Å². The van der Waals surface area contributed by atoms with E-state index in [9.17, 15) is 9.59 Å². The van der Waals surface area contributed by atoms with Crippen LogP contribution in [0.2, 0.25) is 0 Å². The highest BCUT2D eigenvalue weighted by molar-refractivity contribution is 5.76. The van der Waals surface area contributed by atoms with Gasteiger partial charge >= 0.3 is 12.0 Å². The molecule has 0 aliphatic heterocycles. The third-order valence-electron chi connectivity index (χ3n) is 3.08. The molecule has 0 fully saturated rings. The van der Waals surface area contributed by atoms with Crippen LogP contribution in [0.3, 0.4) is 0 Å². The monoisotopic (exact) mass is 297 g/mol. The first kappa shape index (κ1) is 16.9. The predicted molar refractivity (Wildman–Crippen MR) is 76.7 cm³/mol. The van der Waals surface area contributed by atoms with Crippen LogP contribution in [0, 0.1) is 0 Å². The molecule has 2 N–H and O–H groups in total. The van der Waals surface area contributed by atoms with Crippen molar-refractivity contribution < 1.29 is 14.7 Å². The van der Waals surface area contributed by atoms with Crippen LogP contribution in [0.25, 0.3) is 0 Å². The Balaban J connectivity index is 2.77. The Morgan fingerprint density at radius 2 is 2.10 bits per heavy atom. The average Bonchev–Trinajstić information content (AvgIpc) is 2.73. The van der Waals surface area contributed by atoms with Gasteiger partial charge in [0.15, 0.2) is 5.82 Å². The van der Waals surface area contributed by atoms with Gasteiger partial charge in [-0.05, 0) is 27.7 Å². The Hall–Kier alpha value is -2.12. The number of carboxylic acids is 1. The maximum absolute atomic E-state index is 12.4. The molecule has 8 nitrogen and oxygen atoms in total. The second-order valence-electron chi connectivity index (χ2n) is 5.94. The summed E-state index contributed by atoms with van der Waals surface area (Å²) in [6.45, 7) is 7.54. The van der Waals surface area contributed by atoms with Gasteiger partial charge in [0.05, 0.1) is 12.5 Å². The Kier molecular flexibility index (Phi) is 5.28. The normalized spacial score (nSPS) is 12.8. The zero-order chi connectivity index (χ0) is 16.2. The van der Waals surface area contributed by atoms with Crippen LogP contribution in [0.5, 0.6) is 0 Å². The summed E-state index contributed by atoms with van der Waals surface area (Å²) in [6.07, 6.45) is 1.47. The standard InChI is InChI=1S/C13H23N5O3/c1-9(11-16-14-8-17(11)5)15-12(21)18(13(2,3)4)7-6-10(19)20/h8-9H,6-7H2,1-5H3,(H,15,21)(H,19,20). The van der Waals surface area contributed by atoms with Crippen LogP contribution in [-0.4, -0.2) is 48.9 Å². The van der Waals surface area contributed by atoms with Crippen molar-refractivity contribution in [1.82, 2.24) is 25.0 Å². The van der Waals surface area contributed by atoms with Crippen molar-refractivity contribution in [3.05, 3.63) is 12.2 Å². The van der Waals surface area contributed by atoms with Gasteiger partial charge in [-0.3, -0.25) is 4.79 Å². The molecule has 118 valence electrons. The highest BCUT2D eigenvalue weighted by atomic mass is 16.4. The number of carbonyl (C=O) groups excluding carboxylic acids is 1. The van der Waals surface area contributed by atoms with E-state index in [1.807, 2.05) is 20.8 Å². The first-order chi connectivity index (χ1) is 9.62. The third-order valence-corrected chi connectivity index (χ3v) is 3.08. The van der Waals surface area contributed by atoms with Crippen molar-refractivity contribution in [3.8, 4) is 0 Å². The van der Waals surface area contributed by atoms with E-state index in [0.717, 1.165) is 0 Å². The van der Waals surface area contributed by atoms with E-state index in [1.165, 1.54) is 4.90 Å². The third kappa shape index (κ3) is 4.73. The number of amides is 2. The number of hydrogen-bond acceptors (Lipinski definition) is 4. The van der Waals surface area contributed by atoms with Crippen LogP contribution >= 0.6 is 0 Å². The lowest BCUT2D eigenvalue weighted by Gasteiger charge is -2.36. The van der Waals surface area contributed by atoms with Crippen molar-refractivity contribution in [3.63, 3.8) is 0 Å². The minimum Gasteiger partial charge on any atom is -0.481 e. The fourth-order valence-electron chi connectivity index (χ4n) is 1.96. The molecule has 0 saturated heterocycles. The number of hydrogen-bond donors (Lipinski definition) is 2. The molecule has 1 rings (SSSR count). The number of aryl methyl sites for hydroxylation is 1. The number of nitrogens with zero attached hydrogens (tertiary/aromatic N) is 4. The number of carbonyl (C=O) groups is 2. The van der Waals surface area contributed by atoms with E-state index >= 15 is 0 Å². The SMILES string of the molecule is CC(NC(=O)N(CCC(=O)O)C(C)(C)C)c1nncn1C. The molecule has 1 aromatic rings. The lowest BCUT2D eigenvalue weighted by molar-refractivity contribution is -0.137. The van der Waals surface area contributed by atoms with Gasteiger partial charge in [-0.25, -0.2) is 4.79 Å². The van der Waals surface area contributed by atoms with Crippen molar-refractivity contribution in [2.75, 3.05) is 6.54 Å². The Morgan fingerprint density at radius 1 is 1.48 bits per heavy atom. The van der Waals surface area contributed by atoms with Crippen molar-refractivity contribution in [2.45, 2.75) is 45.7 Å². The Labute approximate surface area is 124 Å². The summed E-state index contributed by atoms with van der Waals surface area (Å²) in [6, 6.07) is -0.640. The summed E-state index contributed by atoms with van der Waals surface area (Å²) < 4.78 is 1.73. The molecule has 1 aromatic heterocycles. The van der Waals surface area contributed by atoms with E-state index in [2.05, 4.69) is 15.5 Å². The van der Waals surface area contributed by atoms with Crippen LogP contribution in [-0.2, 0) is 11.8 Å². The van der Waals surface area contributed by atoms with E-state index in [-0.39, 0.29) is 25.0 Å². The fourth-order valence-corrected chi connectivity index (χ4v) is 1.96. The van der Waals surface area contributed by atoms with Crippen molar-refractivity contribution in [2.24, 2.45) is 7.05 Å². The molecule has 0 aromatic carbocycles. The second-order valence-corrected chi connectivity index (χ2v) is 5.94. The molecular formula is C13H23N5O3. The predicted octanol–water partition coefficient (Wildman–Crippen LogP) is 1.16.